The van der Waals surface area contributed by atoms with Crippen molar-refractivity contribution in [1.82, 2.24) is 0 Å². The summed E-state index contributed by atoms with van der Waals surface area (Å²) in [4.78, 5) is 4.85. The van der Waals surface area contributed by atoms with E-state index in [9.17, 15) is 0 Å². The molecule has 1 aliphatic rings. The molecule has 76 heavy (non-hydrogen) atoms. The number of benzene rings is 12. The van der Waals surface area contributed by atoms with Gasteiger partial charge in [0.2, 0.25) is 0 Å². The highest BCUT2D eigenvalue weighted by Crippen LogP contribution is 2.57. The summed E-state index contributed by atoms with van der Waals surface area (Å²) in [5, 5.41) is 2.53. The van der Waals surface area contributed by atoms with E-state index >= 15 is 0 Å². The van der Waals surface area contributed by atoms with Crippen LogP contribution in [-0.2, 0) is 5.41 Å². The number of fused-ring (bicyclic) bond motifs is 6. The Bertz CT molecular complexity index is 4190. The third kappa shape index (κ3) is 7.80. The normalized spacial score (nSPS) is 13.6. The average molecular weight is 987 g/mol. The molecule has 0 saturated heterocycles. The first-order chi connectivity index (χ1) is 37.7. The third-order valence-corrected chi connectivity index (χ3v) is 16.5. The minimum atomic E-state index is -0.593. The van der Waals surface area contributed by atoms with Crippen molar-refractivity contribution in [1.29, 1.82) is 0 Å². The molecule has 12 aromatic carbocycles. The van der Waals surface area contributed by atoms with Gasteiger partial charge in [0.05, 0.1) is 5.41 Å². The van der Waals surface area contributed by atoms with E-state index in [1.54, 1.807) is 0 Å². The van der Waals surface area contributed by atoms with E-state index in [1.165, 1.54) is 75.8 Å². The highest BCUT2D eigenvalue weighted by molar-refractivity contribution is 7.25. The molecule has 1 aliphatic carbocycles. The van der Waals surface area contributed by atoms with Crippen LogP contribution >= 0.6 is 11.3 Å². The predicted octanol–water partition coefficient (Wildman–Crippen LogP) is 20.4. The number of rotatable bonds is 11. The van der Waals surface area contributed by atoms with Crippen molar-refractivity contribution in [2.45, 2.75) is 5.41 Å². The zero-order valence-electron chi connectivity index (χ0n) is 41.7. The molecule has 0 N–H and O–H groups in total. The molecule has 2 nitrogen and oxygen atoms in total. The Kier molecular flexibility index (Phi) is 11.3. The highest BCUT2D eigenvalue weighted by atomic mass is 32.1. The van der Waals surface area contributed by atoms with Crippen molar-refractivity contribution in [3.8, 4) is 44.5 Å². The van der Waals surface area contributed by atoms with Crippen LogP contribution in [0.15, 0.2) is 303 Å². The van der Waals surface area contributed by atoms with Crippen molar-refractivity contribution >= 4 is 65.6 Å². The number of nitrogens with zero attached hydrogens (tertiary/aromatic N) is 2. The Balaban J connectivity index is 1.01. The Morgan fingerprint density at radius 1 is 0.237 bits per heavy atom. The van der Waals surface area contributed by atoms with Crippen molar-refractivity contribution in [2.24, 2.45) is 0 Å². The van der Waals surface area contributed by atoms with E-state index < -0.39 is 5.41 Å². The van der Waals surface area contributed by atoms with Gasteiger partial charge in [0.25, 0.3) is 0 Å². The van der Waals surface area contributed by atoms with Gasteiger partial charge < -0.3 is 9.80 Å². The lowest BCUT2D eigenvalue weighted by molar-refractivity contribution is 0.769. The van der Waals surface area contributed by atoms with Crippen LogP contribution in [0.5, 0.6) is 0 Å². The van der Waals surface area contributed by atoms with Crippen LogP contribution in [0.1, 0.15) is 22.3 Å². The topological polar surface area (TPSA) is 6.48 Å². The molecule has 3 heteroatoms. The standard InChI is InChI=1S/C73H50N2S/c1-6-20-51(21-7-1)53-34-39-58(40-35-53)73(57-24-10-3-11-25-57)69-32-18-16-30-65(69)66-44-38-55(48-70(66)73)56-46-63(74(59-26-12-4-13-27-59)61-41-36-54(37-42-61)52-22-8-2-9-23-52)49-64(47-56)75(60-28-14-5-15-29-60)62-43-45-72-68(50-62)67-31-17-19-33-71(67)76-72/h1-50H. The van der Waals surface area contributed by atoms with E-state index in [2.05, 4.69) is 313 Å². The van der Waals surface area contributed by atoms with Gasteiger partial charge in [0.15, 0.2) is 0 Å². The van der Waals surface area contributed by atoms with Crippen LogP contribution in [0.25, 0.3) is 64.7 Å². The lowest BCUT2D eigenvalue weighted by Gasteiger charge is -2.34. The molecule has 0 saturated carbocycles. The van der Waals surface area contributed by atoms with Crippen molar-refractivity contribution < 1.29 is 0 Å². The van der Waals surface area contributed by atoms with Crippen molar-refractivity contribution in [3.63, 3.8) is 0 Å². The second-order valence-electron chi connectivity index (χ2n) is 19.6. The second kappa shape index (κ2) is 19.1. The first kappa shape index (κ1) is 45.1. The number of para-hydroxylation sites is 2. The van der Waals surface area contributed by atoms with E-state index in [0.29, 0.717) is 0 Å². The largest absolute Gasteiger partial charge is 0.310 e. The second-order valence-corrected chi connectivity index (χ2v) is 20.7. The summed E-state index contributed by atoms with van der Waals surface area (Å²) in [7, 11) is 0. The fourth-order valence-corrected chi connectivity index (χ4v) is 12.9. The molecule has 1 atom stereocenters. The molecule has 1 unspecified atom stereocenters. The molecule has 0 bridgehead atoms. The van der Waals surface area contributed by atoms with Crippen LogP contribution in [0.3, 0.4) is 0 Å². The molecule has 0 amide bonds. The molecule has 0 radical (unpaired) electrons. The quantitative estimate of drug-likeness (QED) is 0.127. The maximum absolute atomic E-state index is 2.49. The Morgan fingerprint density at radius 2 is 0.684 bits per heavy atom. The first-order valence-electron chi connectivity index (χ1n) is 26.1. The lowest BCUT2D eigenvalue weighted by atomic mass is 9.67. The maximum atomic E-state index is 2.49. The summed E-state index contributed by atoms with van der Waals surface area (Å²) in [6.45, 7) is 0. The number of hydrogen-bond acceptors (Lipinski definition) is 3. The summed E-state index contributed by atoms with van der Waals surface area (Å²) in [6.07, 6.45) is 0. The van der Waals surface area contributed by atoms with E-state index in [-0.39, 0.29) is 0 Å². The van der Waals surface area contributed by atoms with Crippen LogP contribution in [0.4, 0.5) is 34.1 Å². The monoisotopic (exact) mass is 986 g/mol. The fraction of sp³-hybridized carbons (Fsp3) is 0.0137. The Hall–Kier alpha value is -9.54. The van der Waals surface area contributed by atoms with Crippen LogP contribution < -0.4 is 9.80 Å². The van der Waals surface area contributed by atoms with Gasteiger partial charge in [-0.15, -0.1) is 11.3 Å². The number of anilines is 6. The highest BCUT2D eigenvalue weighted by Gasteiger charge is 2.46. The molecular formula is C73H50N2S. The molecule has 1 heterocycles. The SMILES string of the molecule is c1ccc(-c2ccc(N(c3ccccc3)c3cc(-c4ccc5c(c4)C(c4ccccc4)(c4ccc(-c6ccccc6)cc4)c4ccccc4-5)cc(N(c4ccccc4)c4ccc5sc6ccccc6c5c4)c3)cc2)cc1. The first-order valence-corrected chi connectivity index (χ1v) is 26.9. The van der Waals surface area contributed by atoms with Gasteiger partial charge in [-0.3, -0.25) is 0 Å². The van der Waals surface area contributed by atoms with Gasteiger partial charge >= 0.3 is 0 Å². The van der Waals surface area contributed by atoms with Gasteiger partial charge in [0.1, 0.15) is 0 Å². The average Bonchev–Trinajstić information content (AvgIpc) is 4.04. The van der Waals surface area contributed by atoms with Gasteiger partial charge in [-0.2, -0.15) is 0 Å². The number of thiophene rings is 1. The zero-order chi connectivity index (χ0) is 50.4. The molecular weight excluding hydrogens is 937 g/mol. The van der Waals surface area contributed by atoms with Crippen LogP contribution in [0, 0.1) is 0 Å². The van der Waals surface area contributed by atoms with Crippen molar-refractivity contribution in [3.05, 3.63) is 326 Å². The smallest absolute Gasteiger partial charge is 0.0713 e. The third-order valence-electron chi connectivity index (χ3n) is 15.3. The zero-order valence-corrected chi connectivity index (χ0v) is 42.5. The van der Waals surface area contributed by atoms with Crippen LogP contribution in [0.2, 0.25) is 0 Å². The fourth-order valence-electron chi connectivity index (χ4n) is 11.8. The summed E-state index contributed by atoms with van der Waals surface area (Å²) in [6, 6.07) is 112. The van der Waals surface area contributed by atoms with Gasteiger partial charge in [-0.25, -0.2) is 0 Å². The summed E-state index contributed by atoms with van der Waals surface area (Å²) in [5.41, 5.74) is 20.4. The summed E-state index contributed by atoms with van der Waals surface area (Å²) in [5.74, 6) is 0. The van der Waals surface area contributed by atoms with E-state index in [1.807, 2.05) is 11.3 Å². The minimum Gasteiger partial charge on any atom is -0.310 e. The molecule has 13 aromatic rings. The number of hydrogen-bond donors (Lipinski definition) is 0. The molecule has 0 fully saturated rings. The van der Waals surface area contributed by atoms with Crippen LogP contribution in [-0.4, -0.2) is 0 Å². The molecule has 358 valence electrons. The van der Waals surface area contributed by atoms with E-state index in [4.69, 9.17) is 0 Å². The summed E-state index contributed by atoms with van der Waals surface area (Å²) >= 11 is 1.85. The lowest BCUT2D eigenvalue weighted by Crippen LogP contribution is -2.28. The maximum Gasteiger partial charge on any atom is 0.0713 e. The predicted molar refractivity (Wildman–Crippen MR) is 322 cm³/mol. The molecule has 1 aromatic heterocycles. The van der Waals surface area contributed by atoms with Gasteiger partial charge in [-0.1, -0.05) is 218 Å². The summed E-state index contributed by atoms with van der Waals surface area (Å²) < 4.78 is 2.57. The van der Waals surface area contributed by atoms with Gasteiger partial charge in [-0.05, 0) is 152 Å². The Morgan fingerprint density at radius 3 is 1.33 bits per heavy atom. The van der Waals surface area contributed by atoms with Crippen molar-refractivity contribution in [2.75, 3.05) is 9.80 Å². The minimum absolute atomic E-state index is 0.593. The molecule has 0 spiro atoms. The van der Waals surface area contributed by atoms with Gasteiger partial charge in [0, 0.05) is 54.3 Å². The molecule has 0 aliphatic heterocycles. The molecule has 14 rings (SSSR count). The Labute approximate surface area is 448 Å². The van der Waals surface area contributed by atoms with E-state index in [0.717, 1.165) is 45.3 Å².